The molecule has 12 heteroatoms. The number of hydrogen-bond acceptors (Lipinski definition) is 6. The van der Waals surface area contributed by atoms with E-state index in [1.807, 2.05) is 0 Å². The molecule has 0 unspecified atom stereocenters. The van der Waals surface area contributed by atoms with Crippen LogP contribution in [0.2, 0.25) is 0 Å². The Bertz CT molecular complexity index is 1090. The van der Waals surface area contributed by atoms with Gasteiger partial charge in [-0.1, -0.05) is 6.92 Å². The van der Waals surface area contributed by atoms with Crippen molar-refractivity contribution in [3.05, 3.63) is 29.3 Å². The number of alkyl halides is 3. The van der Waals surface area contributed by atoms with Crippen molar-refractivity contribution in [3.8, 4) is 0 Å². The van der Waals surface area contributed by atoms with Gasteiger partial charge in [-0.15, -0.1) is 11.3 Å². The van der Waals surface area contributed by atoms with Gasteiger partial charge in [0.1, 0.15) is 4.21 Å². The van der Waals surface area contributed by atoms with Crippen molar-refractivity contribution in [2.45, 2.75) is 43.7 Å². The summed E-state index contributed by atoms with van der Waals surface area (Å²) in [7, 11) is -7.83. The van der Waals surface area contributed by atoms with E-state index in [1.165, 1.54) is 19.9 Å². The summed E-state index contributed by atoms with van der Waals surface area (Å²) in [5.41, 5.74) is -0.621. The fraction of sp³-hybridized carbons (Fsp3) is 0.529. The van der Waals surface area contributed by atoms with Gasteiger partial charge in [-0.2, -0.15) is 25.9 Å². The first-order valence-electron chi connectivity index (χ1n) is 8.65. The smallest absolute Gasteiger partial charge is 0.266 e. The third-order valence-corrected chi connectivity index (χ3v) is 8.48. The van der Waals surface area contributed by atoms with Crippen LogP contribution in [-0.2, 0) is 30.5 Å². The van der Waals surface area contributed by atoms with Gasteiger partial charge in [0.15, 0.2) is 0 Å². The molecule has 2 aromatic rings. The van der Waals surface area contributed by atoms with Crippen molar-refractivity contribution in [1.82, 2.24) is 4.31 Å². The van der Waals surface area contributed by atoms with Gasteiger partial charge in [0.05, 0.1) is 17.9 Å². The SMILES string of the molecule is CCCN(C[C@H](C)OS(C)(=O)=O)S(=O)(=O)c1sc2ccc(C(F)(F)F)cc2c1C. The number of sulfonamides is 1. The summed E-state index contributed by atoms with van der Waals surface area (Å²) >= 11 is 0.889. The number of benzene rings is 1. The summed E-state index contributed by atoms with van der Waals surface area (Å²) in [6.07, 6.45) is -4.12. The van der Waals surface area contributed by atoms with Gasteiger partial charge >= 0.3 is 6.18 Å². The molecule has 6 nitrogen and oxygen atoms in total. The molecule has 0 amide bonds. The zero-order valence-corrected chi connectivity index (χ0v) is 18.7. The zero-order chi connectivity index (χ0) is 22.2. The second-order valence-corrected chi connectivity index (χ2v) is 11.5. The molecule has 0 aliphatic heterocycles. The molecule has 1 aromatic carbocycles. The minimum Gasteiger partial charge on any atom is -0.266 e. The predicted octanol–water partition coefficient (Wildman–Crippen LogP) is 3.99. The van der Waals surface area contributed by atoms with Gasteiger partial charge in [-0.3, -0.25) is 4.18 Å². The molecule has 0 bridgehead atoms. The molecule has 1 aromatic heterocycles. The molecule has 0 N–H and O–H groups in total. The van der Waals surface area contributed by atoms with E-state index in [4.69, 9.17) is 4.18 Å². The van der Waals surface area contributed by atoms with Crippen LogP contribution in [0.4, 0.5) is 13.2 Å². The highest BCUT2D eigenvalue weighted by atomic mass is 32.2. The van der Waals surface area contributed by atoms with Crippen molar-refractivity contribution in [3.63, 3.8) is 0 Å². The van der Waals surface area contributed by atoms with Crippen molar-refractivity contribution in [2.24, 2.45) is 0 Å². The van der Waals surface area contributed by atoms with Gasteiger partial charge in [-0.05, 0) is 49.4 Å². The summed E-state index contributed by atoms with van der Waals surface area (Å²) in [6.45, 7) is 4.57. The number of aryl methyl sites for hydroxylation is 1. The molecule has 0 aliphatic carbocycles. The highest BCUT2D eigenvalue weighted by Gasteiger charge is 2.33. The quantitative estimate of drug-likeness (QED) is 0.542. The van der Waals surface area contributed by atoms with Crippen LogP contribution in [0.3, 0.4) is 0 Å². The van der Waals surface area contributed by atoms with Gasteiger partial charge in [0.2, 0.25) is 0 Å². The summed E-state index contributed by atoms with van der Waals surface area (Å²) < 4.78 is 94.3. The van der Waals surface area contributed by atoms with Crippen LogP contribution in [0, 0.1) is 6.92 Å². The first-order chi connectivity index (χ1) is 13.2. The molecule has 0 saturated heterocycles. The summed E-state index contributed by atoms with van der Waals surface area (Å²) in [4.78, 5) is 0. The van der Waals surface area contributed by atoms with Gasteiger partial charge in [0.25, 0.3) is 20.1 Å². The van der Waals surface area contributed by atoms with Crippen LogP contribution >= 0.6 is 11.3 Å². The van der Waals surface area contributed by atoms with Crippen molar-refractivity contribution < 1.29 is 34.2 Å². The molecule has 1 atom stereocenters. The van der Waals surface area contributed by atoms with Crippen molar-refractivity contribution in [2.75, 3.05) is 19.3 Å². The lowest BCUT2D eigenvalue weighted by atomic mass is 10.1. The average Bonchev–Trinajstić information content (AvgIpc) is 2.89. The molecule has 29 heavy (non-hydrogen) atoms. The maximum absolute atomic E-state index is 13.2. The molecule has 0 fully saturated rings. The molecular weight excluding hydrogens is 451 g/mol. The third kappa shape index (κ3) is 5.69. The van der Waals surface area contributed by atoms with E-state index in [0.717, 1.165) is 34.0 Å². The molecule has 0 saturated carbocycles. The Morgan fingerprint density at radius 3 is 2.34 bits per heavy atom. The van der Waals surface area contributed by atoms with E-state index < -0.39 is 38.0 Å². The maximum Gasteiger partial charge on any atom is 0.416 e. The highest BCUT2D eigenvalue weighted by Crippen LogP contribution is 2.39. The van der Waals surface area contributed by atoms with Crippen LogP contribution in [0.1, 0.15) is 31.4 Å². The van der Waals surface area contributed by atoms with Crippen molar-refractivity contribution >= 4 is 41.6 Å². The second kappa shape index (κ2) is 8.50. The largest absolute Gasteiger partial charge is 0.416 e. The zero-order valence-electron chi connectivity index (χ0n) is 16.3. The van der Waals surface area contributed by atoms with E-state index in [2.05, 4.69) is 0 Å². The predicted molar refractivity (Wildman–Crippen MR) is 106 cm³/mol. The number of fused-ring (bicyclic) bond motifs is 1. The summed E-state index contributed by atoms with van der Waals surface area (Å²) in [5.74, 6) is 0. The molecule has 2 rings (SSSR count). The lowest BCUT2D eigenvalue weighted by Crippen LogP contribution is -2.38. The highest BCUT2D eigenvalue weighted by molar-refractivity contribution is 7.91. The number of rotatable bonds is 8. The Kier molecular flexibility index (Phi) is 7.05. The number of thiophene rings is 1. The standard InChI is InChI=1S/C17H22F3NO5S3/c1-5-8-21(10-11(2)26-28(4,22)23)29(24,25)16-12(3)14-9-13(17(18,19)20)6-7-15(14)27-16/h6-7,9,11H,5,8,10H2,1-4H3/t11-/m0/s1. The topological polar surface area (TPSA) is 80.8 Å². The Morgan fingerprint density at radius 2 is 1.83 bits per heavy atom. The van der Waals surface area contributed by atoms with Gasteiger partial charge < -0.3 is 0 Å². The van der Waals surface area contributed by atoms with Gasteiger partial charge in [-0.25, -0.2) is 8.42 Å². The molecule has 164 valence electrons. The fourth-order valence-electron chi connectivity index (χ4n) is 2.91. The van der Waals surface area contributed by atoms with Gasteiger partial charge in [0, 0.05) is 17.8 Å². The Hall–Kier alpha value is -1.21. The lowest BCUT2D eigenvalue weighted by Gasteiger charge is -2.24. The average molecular weight is 474 g/mol. The van der Waals surface area contributed by atoms with E-state index in [9.17, 15) is 30.0 Å². The number of halogens is 3. The Morgan fingerprint density at radius 1 is 1.21 bits per heavy atom. The lowest BCUT2D eigenvalue weighted by molar-refractivity contribution is -0.137. The molecule has 0 radical (unpaired) electrons. The number of nitrogens with zero attached hydrogens (tertiary/aromatic N) is 1. The summed E-state index contributed by atoms with van der Waals surface area (Å²) in [5, 5.41) is 0.222. The molecular formula is C17H22F3NO5S3. The van der Waals surface area contributed by atoms with Crippen LogP contribution in [0.25, 0.3) is 10.1 Å². The van der Waals surface area contributed by atoms with Crippen molar-refractivity contribution in [1.29, 1.82) is 0 Å². The molecule has 0 aliphatic rings. The summed E-state index contributed by atoms with van der Waals surface area (Å²) in [6, 6.07) is 3.12. The van der Waals surface area contributed by atoms with Crippen LogP contribution in [-0.4, -0.2) is 46.6 Å². The molecule has 0 spiro atoms. The van der Waals surface area contributed by atoms with E-state index >= 15 is 0 Å². The minimum atomic E-state index is -4.53. The monoisotopic (exact) mass is 473 g/mol. The molecule has 1 heterocycles. The Labute approximate surface area is 172 Å². The number of hydrogen-bond donors (Lipinski definition) is 0. The first-order valence-corrected chi connectivity index (χ1v) is 12.7. The first kappa shape index (κ1) is 24.1. The normalized spacial score (nSPS) is 14.6. The fourth-order valence-corrected chi connectivity index (χ4v) is 7.06. The minimum absolute atomic E-state index is 0.0631. The third-order valence-electron chi connectivity index (χ3n) is 4.07. The van der Waals surface area contributed by atoms with E-state index in [-0.39, 0.29) is 28.2 Å². The van der Waals surface area contributed by atoms with Crippen LogP contribution in [0.5, 0.6) is 0 Å². The van der Waals surface area contributed by atoms with E-state index in [1.54, 1.807) is 6.92 Å². The second-order valence-electron chi connectivity index (χ2n) is 6.70. The van der Waals surface area contributed by atoms with Crippen LogP contribution in [0.15, 0.2) is 22.4 Å². The van der Waals surface area contributed by atoms with Crippen LogP contribution < -0.4 is 0 Å². The van der Waals surface area contributed by atoms with E-state index in [0.29, 0.717) is 11.1 Å². The Balaban J connectivity index is 2.48. The maximum atomic E-state index is 13.2.